The summed E-state index contributed by atoms with van der Waals surface area (Å²) in [7, 11) is 1.86. The molecule has 1 atom stereocenters. The van der Waals surface area contributed by atoms with Crippen LogP contribution in [0.3, 0.4) is 0 Å². The van der Waals surface area contributed by atoms with Crippen LogP contribution in [-0.2, 0) is 4.74 Å². The average Bonchev–Trinajstić information content (AvgIpc) is 3.17. The van der Waals surface area contributed by atoms with Gasteiger partial charge in [0, 0.05) is 50.8 Å². The predicted octanol–water partition coefficient (Wildman–Crippen LogP) is 2.40. The lowest BCUT2D eigenvalue weighted by molar-refractivity contribution is 0.0195. The fraction of sp³-hybridized carbons (Fsp3) is 0.650. The first-order valence-electron chi connectivity index (χ1n) is 9.83. The molecule has 0 aromatic heterocycles. The van der Waals surface area contributed by atoms with E-state index in [1.54, 1.807) is 0 Å². The van der Waals surface area contributed by atoms with E-state index >= 15 is 0 Å². The van der Waals surface area contributed by atoms with Gasteiger partial charge in [-0.2, -0.15) is 0 Å². The van der Waals surface area contributed by atoms with Gasteiger partial charge in [-0.25, -0.2) is 0 Å². The maximum Gasteiger partial charge on any atom is 0.193 e. The molecule has 1 aromatic rings. The second-order valence-electron chi connectivity index (χ2n) is 7.12. The van der Waals surface area contributed by atoms with Crippen molar-refractivity contribution < 1.29 is 9.47 Å². The standard InChI is InChI=1S/C20H31ClN4O2/c1-16-14-17(21)4-5-19(16)27-11-3-7-23-20(22-2)25-8-6-18(15-25)24-9-12-26-13-10-24/h4-5,14,18H,3,6-13,15H2,1-2H3,(H,22,23). The lowest BCUT2D eigenvalue weighted by Gasteiger charge is -2.32. The minimum atomic E-state index is 0.615. The summed E-state index contributed by atoms with van der Waals surface area (Å²) >= 11 is 5.98. The van der Waals surface area contributed by atoms with Gasteiger partial charge in [-0.05, 0) is 43.5 Å². The molecule has 0 radical (unpaired) electrons. The van der Waals surface area contributed by atoms with Gasteiger partial charge in [0.05, 0.1) is 19.8 Å². The van der Waals surface area contributed by atoms with Crippen molar-refractivity contribution in [2.75, 3.05) is 59.6 Å². The van der Waals surface area contributed by atoms with E-state index in [4.69, 9.17) is 21.1 Å². The van der Waals surface area contributed by atoms with Gasteiger partial charge in [0.1, 0.15) is 5.75 Å². The van der Waals surface area contributed by atoms with E-state index in [0.717, 1.165) is 74.7 Å². The number of morpholine rings is 1. The number of benzene rings is 1. The molecule has 2 saturated heterocycles. The van der Waals surface area contributed by atoms with Gasteiger partial charge in [0.25, 0.3) is 0 Å². The van der Waals surface area contributed by atoms with Gasteiger partial charge in [-0.15, -0.1) is 0 Å². The van der Waals surface area contributed by atoms with Crippen LogP contribution in [0.2, 0.25) is 5.02 Å². The number of nitrogens with zero attached hydrogens (tertiary/aromatic N) is 3. The lowest BCUT2D eigenvalue weighted by Crippen LogP contribution is -2.46. The lowest BCUT2D eigenvalue weighted by atomic mass is 10.2. The van der Waals surface area contributed by atoms with Gasteiger partial charge >= 0.3 is 0 Å². The largest absolute Gasteiger partial charge is 0.493 e. The fourth-order valence-electron chi connectivity index (χ4n) is 3.74. The Morgan fingerprint density at radius 2 is 2.15 bits per heavy atom. The Bertz CT molecular complexity index is 634. The van der Waals surface area contributed by atoms with Crippen molar-refractivity contribution in [3.63, 3.8) is 0 Å². The number of hydrogen-bond donors (Lipinski definition) is 1. The highest BCUT2D eigenvalue weighted by Crippen LogP contribution is 2.22. The number of guanidine groups is 1. The molecule has 1 N–H and O–H groups in total. The Hall–Kier alpha value is -1.50. The van der Waals surface area contributed by atoms with E-state index in [9.17, 15) is 0 Å². The van der Waals surface area contributed by atoms with Crippen molar-refractivity contribution in [1.29, 1.82) is 0 Å². The Balaban J connectivity index is 1.37. The highest BCUT2D eigenvalue weighted by Gasteiger charge is 2.30. The summed E-state index contributed by atoms with van der Waals surface area (Å²) in [5.41, 5.74) is 1.07. The minimum Gasteiger partial charge on any atom is -0.493 e. The van der Waals surface area contributed by atoms with E-state index in [2.05, 4.69) is 20.1 Å². The van der Waals surface area contributed by atoms with Crippen LogP contribution in [-0.4, -0.2) is 81.4 Å². The zero-order valence-corrected chi connectivity index (χ0v) is 17.2. The monoisotopic (exact) mass is 394 g/mol. The van der Waals surface area contributed by atoms with E-state index < -0.39 is 0 Å². The zero-order valence-electron chi connectivity index (χ0n) is 16.4. The maximum atomic E-state index is 5.98. The molecule has 1 aromatic carbocycles. The van der Waals surface area contributed by atoms with E-state index in [1.165, 1.54) is 6.42 Å². The van der Waals surface area contributed by atoms with E-state index in [1.807, 2.05) is 32.2 Å². The van der Waals surface area contributed by atoms with Gasteiger partial charge in [-0.3, -0.25) is 9.89 Å². The van der Waals surface area contributed by atoms with E-state index in [0.29, 0.717) is 12.6 Å². The van der Waals surface area contributed by atoms with Crippen LogP contribution in [0.25, 0.3) is 0 Å². The van der Waals surface area contributed by atoms with E-state index in [-0.39, 0.29) is 0 Å². The molecule has 0 aliphatic carbocycles. The minimum absolute atomic E-state index is 0.615. The summed E-state index contributed by atoms with van der Waals surface area (Å²) in [6.07, 6.45) is 2.11. The van der Waals surface area contributed by atoms with Crippen LogP contribution in [0.15, 0.2) is 23.2 Å². The summed E-state index contributed by atoms with van der Waals surface area (Å²) < 4.78 is 11.3. The molecule has 3 rings (SSSR count). The van der Waals surface area contributed by atoms with Gasteiger partial charge in [-0.1, -0.05) is 11.6 Å². The first kappa shape index (κ1) is 20.2. The first-order chi connectivity index (χ1) is 13.2. The molecule has 0 saturated carbocycles. The Morgan fingerprint density at radius 3 is 2.89 bits per heavy atom. The Kier molecular flexibility index (Phi) is 7.61. The number of halogens is 1. The molecule has 0 bridgehead atoms. The van der Waals surface area contributed by atoms with Crippen molar-refractivity contribution in [2.24, 2.45) is 4.99 Å². The van der Waals surface area contributed by atoms with Crippen molar-refractivity contribution in [1.82, 2.24) is 15.1 Å². The molecule has 2 aliphatic heterocycles. The van der Waals surface area contributed by atoms with Crippen LogP contribution in [0, 0.1) is 6.92 Å². The van der Waals surface area contributed by atoms with Crippen LogP contribution >= 0.6 is 11.6 Å². The fourth-order valence-corrected chi connectivity index (χ4v) is 3.96. The van der Waals surface area contributed by atoms with Crippen molar-refractivity contribution >= 4 is 17.6 Å². The molecule has 150 valence electrons. The average molecular weight is 395 g/mol. The number of nitrogens with one attached hydrogen (secondary N) is 1. The van der Waals surface area contributed by atoms with Crippen LogP contribution in [0.4, 0.5) is 0 Å². The third kappa shape index (κ3) is 5.74. The van der Waals surface area contributed by atoms with Crippen LogP contribution in [0.1, 0.15) is 18.4 Å². The van der Waals surface area contributed by atoms with Crippen LogP contribution in [0.5, 0.6) is 5.75 Å². The Morgan fingerprint density at radius 1 is 1.33 bits per heavy atom. The maximum absolute atomic E-state index is 5.98. The summed E-state index contributed by atoms with van der Waals surface area (Å²) in [4.78, 5) is 9.38. The molecule has 2 fully saturated rings. The molecular weight excluding hydrogens is 364 g/mol. The third-order valence-electron chi connectivity index (χ3n) is 5.24. The molecule has 6 nitrogen and oxygen atoms in total. The molecule has 27 heavy (non-hydrogen) atoms. The Labute approximate surface area is 167 Å². The molecule has 2 aliphatic rings. The second kappa shape index (κ2) is 10.2. The second-order valence-corrected chi connectivity index (χ2v) is 7.56. The summed E-state index contributed by atoms with van der Waals surface area (Å²) in [6, 6.07) is 6.33. The molecule has 7 heteroatoms. The van der Waals surface area contributed by atoms with Gasteiger partial charge < -0.3 is 19.7 Å². The number of aliphatic imine (C=N–C) groups is 1. The highest BCUT2D eigenvalue weighted by atomic mass is 35.5. The summed E-state index contributed by atoms with van der Waals surface area (Å²) in [5, 5.41) is 4.22. The molecule has 2 heterocycles. The van der Waals surface area contributed by atoms with Crippen molar-refractivity contribution in [2.45, 2.75) is 25.8 Å². The summed E-state index contributed by atoms with van der Waals surface area (Å²) in [5.74, 6) is 1.89. The number of aryl methyl sites for hydroxylation is 1. The molecule has 0 amide bonds. The smallest absolute Gasteiger partial charge is 0.193 e. The van der Waals surface area contributed by atoms with Gasteiger partial charge in [0.2, 0.25) is 0 Å². The number of ether oxygens (including phenoxy) is 2. The quantitative estimate of drug-likeness (QED) is 0.456. The van der Waals surface area contributed by atoms with Crippen molar-refractivity contribution in [3.05, 3.63) is 28.8 Å². The summed E-state index contributed by atoms with van der Waals surface area (Å²) in [6.45, 7) is 9.44. The SMILES string of the molecule is CN=C(NCCCOc1ccc(Cl)cc1C)N1CCC(N2CCOCC2)C1. The molecular formula is C20H31ClN4O2. The van der Waals surface area contributed by atoms with Gasteiger partial charge in [0.15, 0.2) is 5.96 Å². The number of hydrogen-bond acceptors (Lipinski definition) is 4. The predicted molar refractivity (Wildman–Crippen MR) is 110 cm³/mol. The zero-order chi connectivity index (χ0) is 19.1. The topological polar surface area (TPSA) is 49.3 Å². The molecule has 0 spiro atoms. The highest BCUT2D eigenvalue weighted by molar-refractivity contribution is 6.30. The number of likely N-dealkylation sites (tertiary alicyclic amines) is 1. The molecule has 1 unspecified atom stereocenters. The van der Waals surface area contributed by atoms with Crippen LogP contribution < -0.4 is 10.1 Å². The van der Waals surface area contributed by atoms with Crippen molar-refractivity contribution in [3.8, 4) is 5.75 Å². The normalized spacial score (nSPS) is 21.5. The first-order valence-corrected chi connectivity index (χ1v) is 10.2. The number of rotatable bonds is 6. The third-order valence-corrected chi connectivity index (χ3v) is 5.47.